The molecule has 0 aliphatic rings. The lowest BCUT2D eigenvalue weighted by molar-refractivity contribution is 0.0935. The van der Waals surface area contributed by atoms with Gasteiger partial charge in [0.15, 0.2) is 5.69 Å². The second-order valence-corrected chi connectivity index (χ2v) is 5.63. The van der Waals surface area contributed by atoms with Gasteiger partial charge in [0.1, 0.15) is 5.01 Å². The molecule has 2 rings (SSSR count). The number of nitrogens with zero attached hydrogens (tertiary/aromatic N) is 2. The molecule has 2 heterocycles. The zero-order valence-electron chi connectivity index (χ0n) is 11.9. The summed E-state index contributed by atoms with van der Waals surface area (Å²) >= 11 is 1.53. The minimum Gasteiger partial charge on any atom is -0.395 e. The van der Waals surface area contributed by atoms with Crippen LogP contribution in [-0.4, -0.2) is 21.1 Å². The van der Waals surface area contributed by atoms with Crippen molar-refractivity contribution in [2.24, 2.45) is 0 Å². The van der Waals surface area contributed by atoms with Crippen LogP contribution >= 0.6 is 11.3 Å². The number of aryl methyl sites for hydroxylation is 2. The fourth-order valence-corrected chi connectivity index (χ4v) is 2.70. The van der Waals surface area contributed by atoms with Gasteiger partial charge in [0.05, 0.1) is 17.4 Å². The van der Waals surface area contributed by atoms with Crippen LogP contribution in [0.15, 0.2) is 5.38 Å². The van der Waals surface area contributed by atoms with Crippen molar-refractivity contribution in [3.05, 3.63) is 27.5 Å². The molecule has 1 amide bonds. The van der Waals surface area contributed by atoms with E-state index in [2.05, 4.69) is 20.5 Å². The molecule has 4 N–H and O–H groups in total. The summed E-state index contributed by atoms with van der Waals surface area (Å²) in [5.41, 5.74) is 8.41. The van der Waals surface area contributed by atoms with Crippen molar-refractivity contribution in [1.82, 2.24) is 20.5 Å². The Morgan fingerprint density at radius 1 is 1.60 bits per heavy atom. The van der Waals surface area contributed by atoms with Gasteiger partial charge in [-0.2, -0.15) is 5.10 Å². The first-order valence-electron chi connectivity index (χ1n) is 6.58. The Morgan fingerprint density at radius 2 is 2.35 bits per heavy atom. The predicted octanol–water partition coefficient (Wildman–Crippen LogP) is 2.20. The van der Waals surface area contributed by atoms with Crippen LogP contribution in [-0.2, 0) is 6.42 Å². The van der Waals surface area contributed by atoms with Crippen LogP contribution < -0.4 is 11.1 Å². The van der Waals surface area contributed by atoms with E-state index in [9.17, 15) is 4.79 Å². The molecular weight excluding hydrogens is 274 g/mol. The lowest BCUT2D eigenvalue weighted by Gasteiger charge is -2.10. The maximum absolute atomic E-state index is 12.2. The third kappa shape index (κ3) is 2.98. The van der Waals surface area contributed by atoms with E-state index in [1.54, 1.807) is 0 Å². The first-order chi connectivity index (χ1) is 9.52. The summed E-state index contributed by atoms with van der Waals surface area (Å²) in [6.45, 7) is 5.87. The number of nitrogen functional groups attached to an aromatic ring is 1. The normalized spacial score (nSPS) is 12.3. The van der Waals surface area contributed by atoms with E-state index in [4.69, 9.17) is 5.73 Å². The topological polar surface area (TPSA) is 96.7 Å². The van der Waals surface area contributed by atoms with Crippen LogP contribution in [0.1, 0.15) is 53.2 Å². The number of aromatic nitrogens is 3. The number of hydrogen-bond acceptors (Lipinski definition) is 5. The fourth-order valence-electron chi connectivity index (χ4n) is 1.90. The van der Waals surface area contributed by atoms with Crippen LogP contribution in [0, 0.1) is 6.92 Å². The molecule has 1 unspecified atom stereocenters. The Balaban J connectivity index is 2.08. The number of hydrogen-bond donors (Lipinski definition) is 3. The molecule has 0 saturated carbocycles. The standard InChI is InChI=1S/C13H19N5OS/c1-4-5-9-10(14)11(18-17-9)12(19)16-8(3)13-15-7(2)6-20-13/h6,8H,4-5,14H2,1-3H3,(H,16,19)(H,17,18). The highest BCUT2D eigenvalue weighted by atomic mass is 32.1. The number of nitrogens with one attached hydrogen (secondary N) is 2. The lowest BCUT2D eigenvalue weighted by Crippen LogP contribution is -2.27. The Kier molecular flexibility index (Phi) is 4.39. The molecular formula is C13H19N5OS. The van der Waals surface area contributed by atoms with Gasteiger partial charge in [-0.3, -0.25) is 9.89 Å². The maximum atomic E-state index is 12.2. The summed E-state index contributed by atoms with van der Waals surface area (Å²) in [5, 5.41) is 12.5. The number of amides is 1. The van der Waals surface area contributed by atoms with E-state index in [-0.39, 0.29) is 17.6 Å². The van der Waals surface area contributed by atoms with E-state index in [1.165, 1.54) is 11.3 Å². The molecule has 0 bridgehead atoms. The van der Waals surface area contributed by atoms with Crippen molar-refractivity contribution >= 4 is 22.9 Å². The van der Waals surface area contributed by atoms with Crippen molar-refractivity contribution in [2.45, 2.75) is 39.7 Å². The molecule has 0 fully saturated rings. The molecule has 2 aromatic heterocycles. The largest absolute Gasteiger partial charge is 0.395 e. The van der Waals surface area contributed by atoms with E-state index >= 15 is 0 Å². The van der Waals surface area contributed by atoms with Crippen LogP contribution in [0.2, 0.25) is 0 Å². The zero-order chi connectivity index (χ0) is 14.7. The molecule has 20 heavy (non-hydrogen) atoms. The minimum absolute atomic E-state index is 0.160. The number of carbonyl (C=O) groups excluding carboxylic acids is 1. The van der Waals surface area contributed by atoms with Gasteiger partial charge in [0, 0.05) is 11.1 Å². The van der Waals surface area contributed by atoms with Gasteiger partial charge in [0.2, 0.25) is 0 Å². The second-order valence-electron chi connectivity index (χ2n) is 4.74. The minimum atomic E-state index is -0.276. The number of carbonyl (C=O) groups is 1. The average molecular weight is 293 g/mol. The highest BCUT2D eigenvalue weighted by molar-refractivity contribution is 7.09. The number of aromatic amines is 1. The van der Waals surface area contributed by atoms with E-state index < -0.39 is 0 Å². The van der Waals surface area contributed by atoms with Gasteiger partial charge < -0.3 is 11.1 Å². The monoisotopic (exact) mass is 293 g/mol. The predicted molar refractivity (Wildman–Crippen MR) is 79.7 cm³/mol. The summed E-state index contributed by atoms with van der Waals surface area (Å²) in [7, 11) is 0. The van der Waals surface area contributed by atoms with Gasteiger partial charge in [-0.25, -0.2) is 4.98 Å². The average Bonchev–Trinajstić information content (AvgIpc) is 2.98. The molecule has 0 aliphatic heterocycles. The van der Waals surface area contributed by atoms with Crippen molar-refractivity contribution in [3.8, 4) is 0 Å². The Hall–Kier alpha value is -1.89. The number of nitrogens with two attached hydrogens (primary N) is 1. The molecule has 2 aromatic rings. The van der Waals surface area contributed by atoms with E-state index in [1.807, 2.05) is 26.2 Å². The summed E-state index contributed by atoms with van der Waals surface area (Å²) < 4.78 is 0. The van der Waals surface area contributed by atoms with Crippen LogP contribution in [0.3, 0.4) is 0 Å². The maximum Gasteiger partial charge on any atom is 0.274 e. The molecule has 1 atom stereocenters. The summed E-state index contributed by atoms with van der Waals surface area (Å²) in [5.74, 6) is -0.276. The number of H-pyrrole nitrogens is 1. The van der Waals surface area contributed by atoms with E-state index in [0.717, 1.165) is 29.2 Å². The lowest BCUT2D eigenvalue weighted by atomic mass is 10.2. The van der Waals surface area contributed by atoms with Gasteiger partial charge in [-0.05, 0) is 20.3 Å². The summed E-state index contributed by atoms with van der Waals surface area (Å²) in [4.78, 5) is 16.5. The summed E-state index contributed by atoms with van der Waals surface area (Å²) in [6.07, 6.45) is 1.73. The quantitative estimate of drug-likeness (QED) is 0.787. The number of rotatable bonds is 5. The third-order valence-electron chi connectivity index (χ3n) is 2.95. The van der Waals surface area contributed by atoms with Crippen LogP contribution in [0.5, 0.6) is 0 Å². The molecule has 0 spiro atoms. The van der Waals surface area contributed by atoms with Crippen LogP contribution in [0.25, 0.3) is 0 Å². The smallest absolute Gasteiger partial charge is 0.274 e. The highest BCUT2D eigenvalue weighted by Crippen LogP contribution is 2.20. The molecule has 6 nitrogen and oxygen atoms in total. The molecule has 0 radical (unpaired) electrons. The Bertz CT molecular complexity index is 604. The van der Waals surface area contributed by atoms with Gasteiger partial charge >= 0.3 is 0 Å². The van der Waals surface area contributed by atoms with Gasteiger partial charge in [-0.1, -0.05) is 13.3 Å². The Labute approximate surface area is 121 Å². The van der Waals surface area contributed by atoms with E-state index in [0.29, 0.717) is 5.69 Å². The third-order valence-corrected chi connectivity index (χ3v) is 4.10. The Morgan fingerprint density at radius 3 is 2.95 bits per heavy atom. The molecule has 108 valence electrons. The van der Waals surface area contributed by atoms with Crippen LogP contribution in [0.4, 0.5) is 5.69 Å². The first kappa shape index (κ1) is 14.5. The molecule has 0 aromatic carbocycles. The highest BCUT2D eigenvalue weighted by Gasteiger charge is 2.20. The second kappa shape index (κ2) is 6.04. The molecule has 0 saturated heterocycles. The van der Waals surface area contributed by atoms with Gasteiger partial charge in [-0.15, -0.1) is 11.3 Å². The molecule has 7 heteroatoms. The fraction of sp³-hybridized carbons (Fsp3) is 0.462. The van der Waals surface area contributed by atoms with Crippen molar-refractivity contribution in [3.63, 3.8) is 0 Å². The summed E-state index contributed by atoms with van der Waals surface area (Å²) in [6, 6.07) is -0.160. The first-order valence-corrected chi connectivity index (χ1v) is 7.46. The van der Waals surface area contributed by atoms with Crippen molar-refractivity contribution < 1.29 is 4.79 Å². The van der Waals surface area contributed by atoms with Gasteiger partial charge in [0.25, 0.3) is 5.91 Å². The SMILES string of the molecule is CCCc1[nH]nc(C(=O)NC(C)c2nc(C)cs2)c1N. The van der Waals surface area contributed by atoms with Crippen molar-refractivity contribution in [2.75, 3.05) is 5.73 Å². The number of anilines is 1. The number of thiazole rings is 1. The zero-order valence-corrected chi connectivity index (χ0v) is 12.7. The van der Waals surface area contributed by atoms with Crippen molar-refractivity contribution in [1.29, 1.82) is 0 Å². The molecule has 0 aliphatic carbocycles.